The number of benzene rings is 2. The van der Waals surface area contributed by atoms with E-state index in [1.54, 1.807) is 4.90 Å². The van der Waals surface area contributed by atoms with Crippen LogP contribution >= 0.6 is 0 Å². The molecule has 2 amide bonds. The fraction of sp³-hybridized carbons (Fsp3) is 0.417. The number of nitrogens with zero attached hydrogens (tertiary/aromatic N) is 1. The van der Waals surface area contributed by atoms with Gasteiger partial charge in [0.15, 0.2) is 6.61 Å². The van der Waals surface area contributed by atoms with Gasteiger partial charge in [-0.15, -0.1) is 0 Å². The Labute approximate surface area is 174 Å². The summed E-state index contributed by atoms with van der Waals surface area (Å²) in [5.41, 5.74) is 1.13. The Balaban J connectivity index is 2.09. The van der Waals surface area contributed by atoms with Crippen LogP contribution in [-0.4, -0.2) is 42.5 Å². The van der Waals surface area contributed by atoms with Crippen molar-refractivity contribution >= 4 is 11.8 Å². The Hall–Kier alpha value is -2.82. The van der Waals surface area contributed by atoms with Crippen LogP contribution < -0.4 is 10.1 Å². The van der Waals surface area contributed by atoms with E-state index in [4.69, 9.17) is 4.74 Å². The van der Waals surface area contributed by atoms with E-state index < -0.39 is 6.04 Å². The van der Waals surface area contributed by atoms with Crippen LogP contribution in [0.3, 0.4) is 0 Å². The van der Waals surface area contributed by atoms with Crippen LogP contribution in [0.15, 0.2) is 60.7 Å². The van der Waals surface area contributed by atoms with Crippen LogP contribution in [0.25, 0.3) is 0 Å². The molecule has 156 valence electrons. The van der Waals surface area contributed by atoms with Crippen molar-refractivity contribution in [1.82, 2.24) is 10.2 Å². The van der Waals surface area contributed by atoms with Crippen molar-refractivity contribution in [3.8, 4) is 5.75 Å². The third-order valence-electron chi connectivity index (χ3n) is 4.66. The number of carbonyl (C=O) groups is 2. The predicted octanol–water partition coefficient (Wildman–Crippen LogP) is 3.69. The minimum absolute atomic E-state index is 0.0905. The van der Waals surface area contributed by atoms with Crippen molar-refractivity contribution < 1.29 is 14.3 Å². The topological polar surface area (TPSA) is 58.6 Å². The molecule has 0 aliphatic rings. The van der Waals surface area contributed by atoms with Gasteiger partial charge in [0, 0.05) is 13.1 Å². The minimum atomic E-state index is -0.510. The number of para-hydroxylation sites is 1. The Kier molecular flexibility index (Phi) is 9.22. The monoisotopic (exact) mass is 396 g/mol. The van der Waals surface area contributed by atoms with E-state index in [1.807, 2.05) is 81.4 Å². The molecule has 29 heavy (non-hydrogen) atoms. The Morgan fingerprint density at radius 1 is 1.00 bits per heavy atom. The van der Waals surface area contributed by atoms with Crippen molar-refractivity contribution in [2.45, 2.75) is 39.7 Å². The number of hydrogen-bond donors (Lipinski definition) is 1. The highest BCUT2D eigenvalue weighted by Gasteiger charge is 2.28. The van der Waals surface area contributed by atoms with Crippen LogP contribution in [0, 0.1) is 5.92 Å². The molecule has 0 saturated carbocycles. The molecule has 5 heteroatoms. The molecule has 2 aromatic carbocycles. The maximum absolute atomic E-state index is 13.0. The number of rotatable bonds is 11. The second kappa shape index (κ2) is 11.9. The van der Waals surface area contributed by atoms with Crippen LogP contribution in [-0.2, 0) is 16.0 Å². The Bertz CT molecular complexity index is 747. The molecular formula is C24H32N2O3. The van der Waals surface area contributed by atoms with Gasteiger partial charge in [0.05, 0.1) is 0 Å². The zero-order chi connectivity index (χ0) is 21.1. The largest absolute Gasteiger partial charge is 0.484 e. The molecule has 2 aromatic rings. The average Bonchev–Trinajstić information content (AvgIpc) is 2.74. The Morgan fingerprint density at radius 3 is 2.21 bits per heavy atom. The highest BCUT2D eigenvalue weighted by Crippen LogP contribution is 2.12. The first-order chi connectivity index (χ1) is 14.0. The van der Waals surface area contributed by atoms with Crippen LogP contribution in [0.1, 0.15) is 32.8 Å². The first-order valence-corrected chi connectivity index (χ1v) is 10.3. The smallest absolute Gasteiger partial charge is 0.261 e. The molecule has 0 heterocycles. The molecule has 1 atom stereocenters. The lowest BCUT2D eigenvalue weighted by Gasteiger charge is -2.30. The third kappa shape index (κ3) is 7.60. The van der Waals surface area contributed by atoms with Gasteiger partial charge >= 0.3 is 0 Å². The second-order valence-electron chi connectivity index (χ2n) is 7.49. The van der Waals surface area contributed by atoms with Gasteiger partial charge in [-0.25, -0.2) is 0 Å². The normalized spacial score (nSPS) is 11.7. The van der Waals surface area contributed by atoms with Crippen molar-refractivity contribution in [2.24, 2.45) is 5.92 Å². The van der Waals surface area contributed by atoms with Gasteiger partial charge in [0.25, 0.3) is 5.91 Å². The lowest BCUT2D eigenvalue weighted by atomic mass is 10.1. The summed E-state index contributed by atoms with van der Waals surface area (Å²) in [6.45, 7) is 7.00. The first kappa shape index (κ1) is 22.5. The van der Waals surface area contributed by atoms with Crippen LogP contribution in [0.4, 0.5) is 0 Å². The first-order valence-electron chi connectivity index (χ1n) is 10.3. The maximum Gasteiger partial charge on any atom is 0.261 e. The summed E-state index contributed by atoms with van der Waals surface area (Å²) in [5.74, 6) is 0.700. The number of ether oxygens (including phenoxy) is 1. The summed E-state index contributed by atoms with van der Waals surface area (Å²) >= 11 is 0. The molecule has 0 spiro atoms. The highest BCUT2D eigenvalue weighted by molar-refractivity contribution is 5.88. The SMILES string of the molecule is CC[C@H](C(=O)NCC(C)C)N(CCc1ccccc1)C(=O)COc1ccccc1. The summed E-state index contributed by atoms with van der Waals surface area (Å²) in [7, 11) is 0. The standard InChI is InChI=1S/C24H32N2O3/c1-4-22(24(28)25-17-19(2)3)26(16-15-20-11-7-5-8-12-20)23(27)18-29-21-13-9-6-10-14-21/h5-14,19,22H,4,15-18H2,1-3H3,(H,25,28)/t22-/m1/s1. The molecule has 0 fully saturated rings. The predicted molar refractivity (Wildman–Crippen MR) is 116 cm³/mol. The minimum Gasteiger partial charge on any atom is -0.484 e. The maximum atomic E-state index is 13.0. The summed E-state index contributed by atoms with van der Waals surface area (Å²) in [6.07, 6.45) is 1.24. The molecule has 0 aliphatic heterocycles. The van der Waals surface area contributed by atoms with Crippen molar-refractivity contribution in [2.75, 3.05) is 19.7 Å². The van der Waals surface area contributed by atoms with Gasteiger partial charge in [0.2, 0.25) is 5.91 Å². The summed E-state index contributed by atoms with van der Waals surface area (Å²) < 4.78 is 5.65. The summed E-state index contributed by atoms with van der Waals surface area (Å²) in [4.78, 5) is 27.4. The number of nitrogens with one attached hydrogen (secondary N) is 1. The van der Waals surface area contributed by atoms with Gasteiger partial charge in [-0.3, -0.25) is 9.59 Å². The van der Waals surface area contributed by atoms with Gasteiger partial charge in [-0.05, 0) is 36.5 Å². The molecule has 0 aliphatic carbocycles. The van der Waals surface area contributed by atoms with Crippen molar-refractivity contribution in [3.63, 3.8) is 0 Å². The molecule has 2 rings (SSSR count). The van der Waals surface area contributed by atoms with Crippen molar-refractivity contribution in [1.29, 1.82) is 0 Å². The molecular weight excluding hydrogens is 364 g/mol. The van der Waals surface area contributed by atoms with E-state index in [0.29, 0.717) is 37.6 Å². The van der Waals surface area contributed by atoms with Crippen molar-refractivity contribution in [3.05, 3.63) is 66.2 Å². The van der Waals surface area contributed by atoms with Crippen LogP contribution in [0.2, 0.25) is 0 Å². The number of amides is 2. The van der Waals surface area contributed by atoms with Gasteiger partial charge in [0.1, 0.15) is 11.8 Å². The lowest BCUT2D eigenvalue weighted by molar-refractivity contribution is -0.142. The highest BCUT2D eigenvalue weighted by atomic mass is 16.5. The number of hydrogen-bond acceptors (Lipinski definition) is 3. The molecule has 0 bridgehead atoms. The number of carbonyl (C=O) groups excluding carboxylic acids is 2. The van der Waals surface area contributed by atoms with Gasteiger partial charge in [-0.1, -0.05) is 69.3 Å². The van der Waals surface area contributed by atoms with Gasteiger partial charge in [-0.2, -0.15) is 0 Å². The molecule has 1 N–H and O–H groups in total. The summed E-state index contributed by atoms with van der Waals surface area (Å²) in [5, 5.41) is 2.97. The molecule has 0 saturated heterocycles. The quantitative estimate of drug-likeness (QED) is 0.630. The average molecular weight is 397 g/mol. The zero-order valence-electron chi connectivity index (χ0n) is 17.6. The fourth-order valence-electron chi connectivity index (χ4n) is 3.06. The van der Waals surface area contributed by atoms with E-state index in [2.05, 4.69) is 5.32 Å². The zero-order valence-corrected chi connectivity index (χ0v) is 17.6. The fourth-order valence-corrected chi connectivity index (χ4v) is 3.06. The van der Waals surface area contributed by atoms with Gasteiger partial charge < -0.3 is 15.0 Å². The van der Waals surface area contributed by atoms with E-state index in [1.165, 1.54) is 0 Å². The Morgan fingerprint density at radius 2 is 1.62 bits per heavy atom. The van der Waals surface area contributed by atoms with E-state index in [-0.39, 0.29) is 18.4 Å². The molecule has 0 unspecified atom stereocenters. The molecule has 0 radical (unpaired) electrons. The second-order valence-corrected chi connectivity index (χ2v) is 7.49. The summed E-state index contributed by atoms with van der Waals surface area (Å²) in [6, 6.07) is 18.7. The van der Waals surface area contributed by atoms with Crippen LogP contribution in [0.5, 0.6) is 5.75 Å². The van der Waals surface area contributed by atoms with E-state index in [0.717, 1.165) is 5.56 Å². The molecule has 0 aromatic heterocycles. The van der Waals surface area contributed by atoms with E-state index >= 15 is 0 Å². The van der Waals surface area contributed by atoms with E-state index in [9.17, 15) is 9.59 Å². The lowest BCUT2D eigenvalue weighted by Crippen LogP contribution is -2.51. The third-order valence-corrected chi connectivity index (χ3v) is 4.66. The molecule has 5 nitrogen and oxygen atoms in total.